The maximum absolute atomic E-state index is 12.8. The van der Waals surface area contributed by atoms with Crippen LogP contribution in [0.2, 0.25) is 0 Å². The lowest BCUT2D eigenvalue weighted by atomic mass is 10.0. The number of aryl methyl sites for hydroxylation is 1. The van der Waals surface area contributed by atoms with Gasteiger partial charge in [0.25, 0.3) is 5.91 Å². The summed E-state index contributed by atoms with van der Waals surface area (Å²) in [6.45, 7) is 7.61. The molecule has 2 rings (SSSR count). The fourth-order valence-corrected chi connectivity index (χ4v) is 5.80. The zero-order valence-corrected chi connectivity index (χ0v) is 29.6. The zero-order valence-electron chi connectivity index (χ0n) is 29.6. The molecule has 1 aliphatic heterocycles. The number of alkyl carbamates (subject to hydrolysis) is 1. The van der Waals surface area contributed by atoms with E-state index in [0.717, 1.165) is 25.8 Å². The Labute approximate surface area is 283 Å². The molecule has 0 bridgehead atoms. The number of aromatic nitrogens is 1. The molecule has 0 saturated carbocycles. The van der Waals surface area contributed by atoms with Crippen molar-refractivity contribution >= 4 is 23.9 Å². The Balaban J connectivity index is 1.58. The minimum Gasteiger partial charge on any atom is -0.449 e. The number of unbranched alkanes of at least 4 members (excludes halogenated alkanes) is 12. The number of nitrogens with zero attached hydrogens (tertiary/aromatic N) is 3. The van der Waals surface area contributed by atoms with E-state index in [9.17, 15) is 19.2 Å². The summed E-state index contributed by atoms with van der Waals surface area (Å²) in [5, 5.41) is 5.74. The summed E-state index contributed by atoms with van der Waals surface area (Å²) in [6.07, 6.45) is 20.9. The number of hydrogen-bond donors (Lipinski definition) is 2. The van der Waals surface area contributed by atoms with Gasteiger partial charge in [0.2, 0.25) is 5.91 Å². The third-order valence-corrected chi connectivity index (χ3v) is 8.90. The molecule has 2 atom stereocenters. The van der Waals surface area contributed by atoms with Crippen molar-refractivity contribution in [1.29, 1.82) is 0 Å². The van der Waals surface area contributed by atoms with Gasteiger partial charge in [-0.15, -0.1) is 0 Å². The van der Waals surface area contributed by atoms with Crippen molar-refractivity contribution in [3.8, 4) is 0 Å². The smallest absolute Gasteiger partial charge is 0.407 e. The molecular formula is C36H62N5O6+. The third kappa shape index (κ3) is 16.0. The second kappa shape index (κ2) is 24.0. The summed E-state index contributed by atoms with van der Waals surface area (Å²) in [5.41, 5.74) is 0.534. The van der Waals surface area contributed by atoms with Crippen LogP contribution in [0.25, 0.3) is 0 Å². The highest BCUT2D eigenvalue weighted by Crippen LogP contribution is 2.15. The fraction of sp³-hybridized carbons (Fsp3) is 0.750. The van der Waals surface area contributed by atoms with Crippen LogP contribution in [-0.4, -0.2) is 85.8 Å². The first-order chi connectivity index (χ1) is 22.8. The van der Waals surface area contributed by atoms with Gasteiger partial charge in [-0.2, -0.15) is 0 Å². The molecule has 1 aliphatic rings. The summed E-state index contributed by atoms with van der Waals surface area (Å²) >= 11 is 0. The normalized spacial score (nSPS) is 14.4. The third-order valence-electron chi connectivity index (χ3n) is 8.90. The number of methoxy groups -OCH3 is 1. The van der Waals surface area contributed by atoms with Crippen molar-refractivity contribution in [1.82, 2.24) is 20.4 Å². The first kappa shape index (κ1) is 40.0. The largest absolute Gasteiger partial charge is 0.449 e. The Morgan fingerprint density at radius 2 is 1.55 bits per heavy atom. The van der Waals surface area contributed by atoms with E-state index in [1.807, 2.05) is 30.7 Å². The molecular weight excluding hydrogens is 598 g/mol. The fourth-order valence-electron chi connectivity index (χ4n) is 5.80. The SMILES string of the molecule is CCCCCCCCCCCCCCCC(NC(=O)OCCCN1C(=O)CN(CCNC(=O)c2ccc[n+](CC)c2)C1=O)C(C)OC. The summed E-state index contributed by atoms with van der Waals surface area (Å²) in [4.78, 5) is 52.8. The van der Waals surface area contributed by atoms with E-state index in [1.165, 1.54) is 80.4 Å². The first-order valence-electron chi connectivity index (χ1n) is 18.1. The highest BCUT2D eigenvalue weighted by atomic mass is 16.5. The molecule has 11 nitrogen and oxygen atoms in total. The van der Waals surface area contributed by atoms with Crippen LogP contribution in [0.3, 0.4) is 0 Å². The molecule has 1 saturated heterocycles. The molecule has 1 aromatic heterocycles. The lowest BCUT2D eigenvalue weighted by Gasteiger charge is -2.24. The van der Waals surface area contributed by atoms with Gasteiger partial charge >= 0.3 is 12.1 Å². The molecule has 0 radical (unpaired) electrons. The molecule has 2 N–H and O–H groups in total. The summed E-state index contributed by atoms with van der Waals surface area (Å²) < 4.78 is 12.8. The first-order valence-corrected chi connectivity index (χ1v) is 18.1. The van der Waals surface area contributed by atoms with Gasteiger partial charge in [-0.3, -0.25) is 14.5 Å². The maximum Gasteiger partial charge on any atom is 0.407 e. The van der Waals surface area contributed by atoms with Crippen molar-refractivity contribution in [3.05, 3.63) is 30.1 Å². The summed E-state index contributed by atoms with van der Waals surface area (Å²) in [5.74, 6) is -0.533. The number of ether oxygens (including phenoxy) is 2. The van der Waals surface area contributed by atoms with Crippen LogP contribution >= 0.6 is 0 Å². The van der Waals surface area contributed by atoms with Crippen LogP contribution in [0.15, 0.2) is 24.5 Å². The van der Waals surface area contributed by atoms with E-state index in [-0.39, 0.29) is 56.7 Å². The lowest BCUT2D eigenvalue weighted by molar-refractivity contribution is -0.693. The highest BCUT2D eigenvalue weighted by Gasteiger charge is 2.35. The number of nitrogens with one attached hydrogen (secondary N) is 2. The molecule has 266 valence electrons. The van der Waals surface area contributed by atoms with Crippen molar-refractivity contribution in [2.24, 2.45) is 0 Å². The Morgan fingerprint density at radius 1 is 0.915 bits per heavy atom. The van der Waals surface area contributed by atoms with Crippen LogP contribution in [0.1, 0.15) is 127 Å². The monoisotopic (exact) mass is 660 g/mol. The zero-order chi connectivity index (χ0) is 34.3. The Hall–Kier alpha value is -3.21. The number of urea groups is 1. The van der Waals surface area contributed by atoms with E-state index in [4.69, 9.17) is 9.47 Å². The average Bonchev–Trinajstić information content (AvgIpc) is 3.35. The predicted molar refractivity (Wildman–Crippen MR) is 183 cm³/mol. The quantitative estimate of drug-likeness (QED) is 0.0716. The molecule has 2 unspecified atom stereocenters. The van der Waals surface area contributed by atoms with E-state index >= 15 is 0 Å². The van der Waals surface area contributed by atoms with Gasteiger partial charge in [0, 0.05) is 32.8 Å². The topological polar surface area (TPSA) is 121 Å². The molecule has 0 aromatic carbocycles. The molecule has 1 fully saturated rings. The van der Waals surface area contributed by atoms with E-state index in [0.29, 0.717) is 12.0 Å². The average molecular weight is 661 g/mol. The van der Waals surface area contributed by atoms with Gasteiger partial charge in [0.1, 0.15) is 18.7 Å². The number of rotatable bonds is 26. The van der Waals surface area contributed by atoms with E-state index in [2.05, 4.69) is 17.6 Å². The van der Waals surface area contributed by atoms with Gasteiger partial charge in [-0.05, 0) is 32.8 Å². The van der Waals surface area contributed by atoms with Crippen LogP contribution in [0.5, 0.6) is 0 Å². The van der Waals surface area contributed by atoms with E-state index < -0.39 is 12.1 Å². The van der Waals surface area contributed by atoms with E-state index in [1.54, 1.807) is 19.4 Å². The summed E-state index contributed by atoms with van der Waals surface area (Å²) in [6, 6.07) is 3.00. The number of carbonyl (C=O) groups excluding carboxylic acids is 4. The van der Waals surface area contributed by atoms with Gasteiger partial charge in [-0.25, -0.2) is 14.2 Å². The second-order valence-electron chi connectivity index (χ2n) is 12.6. The van der Waals surface area contributed by atoms with Crippen LogP contribution < -0.4 is 15.2 Å². The van der Waals surface area contributed by atoms with Crippen LogP contribution in [0, 0.1) is 0 Å². The number of hydrogen-bond acceptors (Lipinski definition) is 6. The van der Waals surface area contributed by atoms with Crippen LogP contribution in [0.4, 0.5) is 9.59 Å². The molecule has 11 heteroatoms. The summed E-state index contributed by atoms with van der Waals surface area (Å²) in [7, 11) is 1.64. The lowest BCUT2D eigenvalue weighted by Crippen LogP contribution is -2.43. The maximum atomic E-state index is 12.8. The Kier molecular flexibility index (Phi) is 20.4. The number of pyridine rings is 1. The standard InChI is InChI=1S/C36H61N5O6/c1-5-7-8-9-10-11-12-13-14-15-16-17-18-22-32(30(3)46-4)38-35(44)47-27-20-25-41-33(42)29-40(36(41)45)26-23-37-34(43)31-21-19-24-39(6-2)28-31/h19,21,24,28,30,32H,5-18,20,22-23,25-27,29H2,1-4H3,(H-,37,38,43,44)/p+1. The molecule has 47 heavy (non-hydrogen) atoms. The number of imide groups is 1. The highest BCUT2D eigenvalue weighted by molar-refractivity contribution is 6.02. The molecule has 5 amide bonds. The predicted octanol–water partition coefficient (Wildman–Crippen LogP) is 5.99. The molecule has 2 heterocycles. The molecule has 0 aliphatic carbocycles. The van der Waals surface area contributed by atoms with Gasteiger partial charge in [0.05, 0.1) is 18.8 Å². The van der Waals surface area contributed by atoms with Crippen molar-refractivity contribution in [3.63, 3.8) is 0 Å². The van der Waals surface area contributed by atoms with Gasteiger partial charge < -0.3 is 25.0 Å². The number of carbonyl (C=O) groups is 4. The number of amides is 5. The van der Waals surface area contributed by atoms with Crippen molar-refractivity contribution < 1.29 is 33.2 Å². The minimum absolute atomic E-state index is 0.0347. The molecule has 0 spiro atoms. The van der Waals surface area contributed by atoms with Gasteiger partial charge in [0.15, 0.2) is 12.4 Å². The second-order valence-corrected chi connectivity index (χ2v) is 12.6. The Morgan fingerprint density at radius 3 is 2.17 bits per heavy atom. The molecule has 1 aromatic rings. The Bertz CT molecular complexity index is 1070. The van der Waals surface area contributed by atoms with Gasteiger partial charge in [-0.1, -0.05) is 90.4 Å². The van der Waals surface area contributed by atoms with Crippen LogP contribution in [-0.2, 0) is 20.8 Å². The van der Waals surface area contributed by atoms with Crippen molar-refractivity contribution in [2.45, 2.75) is 136 Å². The van der Waals surface area contributed by atoms with Crippen molar-refractivity contribution in [2.75, 3.05) is 39.9 Å². The minimum atomic E-state index is -0.520.